The van der Waals surface area contributed by atoms with Crippen molar-refractivity contribution in [2.24, 2.45) is 5.92 Å². The van der Waals surface area contributed by atoms with Crippen molar-refractivity contribution in [3.05, 3.63) is 34.1 Å². The summed E-state index contributed by atoms with van der Waals surface area (Å²) in [6, 6.07) is 3.35. The minimum atomic E-state index is -0.960. The molecule has 1 aromatic carbocycles. The van der Waals surface area contributed by atoms with Crippen molar-refractivity contribution in [1.82, 2.24) is 5.32 Å². The number of carbonyl (C=O) groups excluding carboxylic acids is 2. The van der Waals surface area contributed by atoms with Gasteiger partial charge in [-0.25, -0.2) is 0 Å². The van der Waals surface area contributed by atoms with Crippen LogP contribution in [0.1, 0.15) is 33.1 Å². The molecule has 7 nitrogen and oxygen atoms in total. The number of nitro groups is 1. The van der Waals surface area contributed by atoms with Crippen LogP contribution >= 0.6 is 0 Å². The van der Waals surface area contributed by atoms with Crippen LogP contribution in [-0.4, -0.2) is 29.3 Å². The van der Waals surface area contributed by atoms with Crippen molar-refractivity contribution in [2.75, 3.05) is 11.4 Å². The minimum Gasteiger partial charge on any atom is -0.353 e. The van der Waals surface area contributed by atoms with Gasteiger partial charge in [-0.05, 0) is 25.0 Å². The third-order valence-electron chi connectivity index (χ3n) is 4.27. The predicted molar refractivity (Wildman–Crippen MR) is 86.0 cm³/mol. The molecule has 1 aliphatic rings. The maximum absolute atomic E-state index is 13.4. The maximum atomic E-state index is 13.4. The van der Waals surface area contributed by atoms with Gasteiger partial charge in [-0.1, -0.05) is 13.8 Å². The van der Waals surface area contributed by atoms with Gasteiger partial charge in [0.1, 0.15) is 0 Å². The molecular weight excluding hydrogens is 317 g/mol. The lowest BCUT2D eigenvalue weighted by molar-refractivity contribution is -0.387. The van der Waals surface area contributed by atoms with E-state index < -0.39 is 22.3 Å². The molecule has 0 radical (unpaired) electrons. The van der Waals surface area contributed by atoms with Gasteiger partial charge in [0.25, 0.3) is 0 Å². The van der Waals surface area contributed by atoms with Gasteiger partial charge >= 0.3 is 5.69 Å². The summed E-state index contributed by atoms with van der Waals surface area (Å²) < 4.78 is 13.4. The minimum absolute atomic E-state index is 0.0388. The van der Waals surface area contributed by atoms with E-state index in [-0.39, 0.29) is 36.5 Å². The molecule has 0 bridgehead atoms. The average molecular weight is 337 g/mol. The highest BCUT2D eigenvalue weighted by molar-refractivity contribution is 6.00. The van der Waals surface area contributed by atoms with E-state index in [0.717, 1.165) is 25.0 Å². The number of carbonyl (C=O) groups is 2. The Bertz CT molecular complexity index is 661. The van der Waals surface area contributed by atoms with Gasteiger partial charge in [0, 0.05) is 25.1 Å². The highest BCUT2D eigenvalue weighted by atomic mass is 19.1. The van der Waals surface area contributed by atoms with Crippen LogP contribution in [0.15, 0.2) is 18.2 Å². The Morgan fingerprint density at radius 3 is 2.71 bits per heavy atom. The van der Waals surface area contributed by atoms with E-state index in [1.807, 2.05) is 13.8 Å². The van der Waals surface area contributed by atoms with Gasteiger partial charge in [0.05, 0.1) is 16.5 Å². The number of nitrogens with zero attached hydrogens (tertiary/aromatic N) is 2. The molecule has 0 spiro atoms. The molecule has 1 fully saturated rings. The Hall–Kier alpha value is -2.51. The van der Waals surface area contributed by atoms with Crippen LogP contribution in [0.5, 0.6) is 0 Å². The Morgan fingerprint density at radius 1 is 1.46 bits per heavy atom. The van der Waals surface area contributed by atoms with Crippen LogP contribution in [0.4, 0.5) is 15.8 Å². The number of halogens is 1. The summed E-state index contributed by atoms with van der Waals surface area (Å²) in [6.45, 7) is 4.07. The van der Waals surface area contributed by atoms with Crippen LogP contribution in [0, 0.1) is 21.8 Å². The Labute approximate surface area is 139 Å². The quantitative estimate of drug-likeness (QED) is 0.637. The van der Waals surface area contributed by atoms with Gasteiger partial charge in [0.15, 0.2) is 0 Å². The molecule has 0 aliphatic carbocycles. The first kappa shape index (κ1) is 17.8. The molecule has 24 heavy (non-hydrogen) atoms. The maximum Gasteiger partial charge on any atom is 0.306 e. The number of rotatable bonds is 6. The summed E-state index contributed by atoms with van der Waals surface area (Å²) in [5.41, 5.74) is -0.462. The summed E-state index contributed by atoms with van der Waals surface area (Å²) in [5.74, 6) is -1.97. The number of amides is 2. The van der Waals surface area contributed by atoms with Crippen molar-refractivity contribution in [3.63, 3.8) is 0 Å². The van der Waals surface area contributed by atoms with Crippen LogP contribution in [-0.2, 0) is 9.59 Å². The van der Waals surface area contributed by atoms with Crippen LogP contribution in [0.3, 0.4) is 0 Å². The largest absolute Gasteiger partial charge is 0.353 e. The molecule has 2 amide bonds. The molecule has 1 atom stereocenters. The second kappa shape index (κ2) is 7.37. The molecule has 1 heterocycles. The lowest BCUT2D eigenvalue weighted by Crippen LogP contribution is -2.39. The number of nitro benzene ring substituents is 1. The van der Waals surface area contributed by atoms with Gasteiger partial charge in [0.2, 0.25) is 17.6 Å². The zero-order valence-corrected chi connectivity index (χ0v) is 13.6. The molecule has 1 aromatic rings. The molecule has 1 aliphatic heterocycles. The second-order valence-corrected chi connectivity index (χ2v) is 5.82. The number of anilines is 1. The van der Waals surface area contributed by atoms with E-state index in [0.29, 0.717) is 0 Å². The highest BCUT2D eigenvalue weighted by Crippen LogP contribution is 2.29. The van der Waals surface area contributed by atoms with Crippen LogP contribution in [0.25, 0.3) is 0 Å². The van der Waals surface area contributed by atoms with E-state index in [1.54, 1.807) is 0 Å². The fourth-order valence-electron chi connectivity index (χ4n) is 2.75. The fourth-order valence-corrected chi connectivity index (χ4v) is 2.75. The normalized spacial score (nSPS) is 17.4. The van der Waals surface area contributed by atoms with E-state index in [1.165, 1.54) is 11.0 Å². The van der Waals surface area contributed by atoms with E-state index in [2.05, 4.69) is 5.32 Å². The zero-order valence-electron chi connectivity index (χ0n) is 13.6. The molecular formula is C16H20FN3O4. The van der Waals surface area contributed by atoms with Gasteiger partial charge in [-0.3, -0.25) is 19.7 Å². The van der Waals surface area contributed by atoms with Crippen molar-refractivity contribution >= 4 is 23.2 Å². The summed E-state index contributed by atoms with van der Waals surface area (Å²) in [7, 11) is 0. The van der Waals surface area contributed by atoms with E-state index >= 15 is 0 Å². The highest BCUT2D eigenvalue weighted by Gasteiger charge is 2.36. The molecule has 0 saturated carbocycles. The summed E-state index contributed by atoms with van der Waals surface area (Å²) in [4.78, 5) is 35.7. The van der Waals surface area contributed by atoms with Crippen molar-refractivity contribution < 1.29 is 18.9 Å². The van der Waals surface area contributed by atoms with E-state index in [9.17, 15) is 24.1 Å². The summed E-state index contributed by atoms with van der Waals surface area (Å²) >= 11 is 0. The van der Waals surface area contributed by atoms with Crippen molar-refractivity contribution in [3.8, 4) is 0 Å². The average Bonchev–Trinajstić information content (AvgIpc) is 2.94. The molecule has 8 heteroatoms. The van der Waals surface area contributed by atoms with Crippen LogP contribution < -0.4 is 10.2 Å². The Morgan fingerprint density at radius 2 is 2.12 bits per heavy atom. The second-order valence-electron chi connectivity index (χ2n) is 5.82. The molecule has 1 N–H and O–H groups in total. The SMILES string of the molecule is CCC(CC)NC(=O)C1CC(=O)N(c2ccc(F)c([N+](=O)[O-])c2)C1. The predicted octanol–water partition coefficient (Wildman–Crippen LogP) is 2.39. The summed E-state index contributed by atoms with van der Waals surface area (Å²) in [6.07, 6.45) is 1.64. The molecule has 1 unspecified atom stereocenters. The fraction of sp³-hybridized carbons (Fsp3) is 0.500. The monoisotopic (exact) mass is 337 g/mol. The lowest BCUT2D eigenvalue weighted by Gasteiger charge is -2.19. The first-order chi connectivity index (χ1) is 11.4. The number of benzene rings is 1. The smallest absolute Gasteiger partial charge is 0.306 e. The van der Waals surface area contributed by atoms with E-state index in [4.69, 9.17) is 0 Å². The first-order valence-electron chi connectivity index (χ1n) is 7.92. The van der Waals surface area contributed by atoms with Crippen molar-refractivity contribution in [1.29, 1.82) is 0 Å². The topological polar surface area (TPSA) is 92.6 Å². The zero-order chi connectivity index (χ0) is 17.9. The molecule has 130 valence electrons. The standard InChI is InChI=1S/C16H20FN3O4/c1-3-11(4-2)18-16(22)10-7-15(21)19(9-10)12-5-6-13(17)14(8-12)20(23)24/h5-6,8,10-11H,3-4,7,9H2,1-2H3,(H,18,22). The summed E-state index contributed by atoms with van der Waals surface area (Å²) in [5, 5.41) is 13.7. The number of hydrogen-bond acceptors (Lipinski definition) is 4. The Kier molecular flexibility index (Phi) is 5.48. The third kappa shape index (κ3) is 3.69. The van der Waals surface area contributed by atoms with Crippen molar-refractivity contribution in [2.45, 2.75) is 39.2 Å². The first-order valence-corrected chi connectivity index (χ1v) is 7.92. The van der Waals surface area contributed by atoms with Gasteiger partial charge < -0.3 is 10.2 Å². The van der Waals surface area contributed by atoms with Crippen LogP contribution in [0.2, 0.25) is 0 Å². The molecule has 2 rings (SSSR count). The lowest BCUT2D eigenvalue weighted by atomic mass is 10.1. The Balaban J connectivity index is 2.14. The molecule has 1 saturated heterocycles. The number of hydrogen-bond donors (Lipinski definition) is 1. The van der Waals surface area contributed by atoms with Gasteiger partial charge in [-0.2, -0.15) is 4.39 Å². The third-order valence-corrected chi connectivity index (χ3v) is 4.27. The number of nitrogens with one attached hydrogen (secondary N) is 1. The van der Waals surface area contributed by atoms with Gasteiger partial charge in [-0.15, -0.1) is 0 Å². The molecule has 0 aromatic heterocycles.